The summed E-state index contributed by atoms with van der Waals surface area (Å²) in [5.74, 6) is 1.08. The zero-order valence-corrected chi connectivity index (χ0v) is 9.89. The maximum Gasteiger partial charge on any atom is 0.109 e. The van der Waals surface area contributed by atoms with E-state index in [4.69, 9.17) is 4.74 Å². The summed E-state index contributed by atoms with van der Waals surface area (Å²) in [4.78, 5) is 8.08. The van der Waals surface area contributed by atoms with Gasteiger partial charge in [-0.1, -0.05) is 0 Å². The SMILES string of the molecule is COC(C)(C)Cc1nc2c([nH]1)CCCC2. The van der Waals surface area contributed by atoms with Crippen molar-refractivity contribution in [2.24, 2.45) is 0 Å². The Morgan fingerprint density at radius 2 is 2.07 bits per heavy atom. The normalized spacial score (nSPS) is 16.5. The lowest BCUT2D eigenvalue weighted by Gasteiger charge is -2.21. The van der Waals surface area contributed by atoms with Crippen molar-refractivity contribution in [1.82, 2.24) is 9.97 Å². The highest BCUT2D eigenvalue weighted by molar-refractivity contribution is 5.18. The van der Waals surface area contributed by atoms with E-state index >= 15 is 0 Å². The molecule has 0 saturated heterocycles. The van der Waals surface area contributed by atoms with Crippen molar-refractivity contribution >= 4 is 0 Å². The number of nitrogens with one attached hydrogen (secondary N) is 1. The minimum Gasteiger partial charge on any atom is -0.378 e. The first-order chi connectivity index (χ1) is 7.11. The van der Waals surface area contributed by atoms with Gasteiger partial charge in [0.05, 0.1) is 11.3 Å². The maximum atomic E-state index is 5.41. The lowest BCUT2D eigenvalue weighted by molar-refractivity contribution is 0.0217. The van der Waals surface area contributed by atoms with Crippen LogP contribution in [0, 0.1) is 0 Å². The quantitative estimate of drug-likeness (QED) is 0.827. The van der Waals surface area contributed by atoms with Crippen molar-refractivity contribution in [2.75, 3.05) is 7.11 Å². The number of nitrogens with zero attached hydrogens (tertiary/aromatic N) is 1. The Morgan fingerprint density at radius 3 is 2.73 bits per heavy atom. The molecule has 0 spiro atoms. The van der Waals surface area contributed by atoms with E-state index in [1.54, 1.807) is 7.11 Å². The fourth-order valence-electron chi connectivity index (χ4n) is 2.07. The molecule has 0 saturated carbocycles. The van der Waals surface area contributed by atoms with Gasteiger partial charge in [-0.2, -0.15) is 0 Å². The molecule has 2 rings (SSSR count). The van der Waals surface area contributed by atoms with Gasteiger partial charge in [-0.05, 0) is 39.5 Å². The minimum absolute atomic E-state index is 0.125. The molecule has 84 valence electrons. The van der Waals surface area contributed by atoms with Crippen molar-refractivity contribution < 1.29 is 4.74 Å². The van der Waals surface area contributed by atoms with Gasteiger partial charge in [-0.15, -0.1) is 0 Å². The van der Waals surface area contributed by atoms with Gasteiger partial charge in [0.1, 0.15) is 5.82 Å². The predicted octanol–water partition coefficient (Wildman–Crippen LogP) is 2.26. The second-order valence-electron chi connectivity index (χ2n) is 4.96. The molecule has 1 heterocycles. The molecule has 1 aliphatic rings. The first-order valence-corrected chi connectivity index (χ1v) is 5.72. The topological polar surface area (TPSA) is 37.9 Å². The number of rotatable bonds is 3. The van der Waals surface area contributed by atoms with Gasteiger partial charge in [0.25, 0.3) is 0 Å². The highest BCUT2D eigenvalue weighted by Crippen LogP contribution is 2.21. The van der Waals surface area contributed by atoms with E-state index in [2.05, 4.69) is 23.8 Å². The molecule has 0 aliphatic heterocycles. The lowest BCUT2D eigenvalue weighted by Crippen LogP contribution is -2.26. The van der Waals surface area contributed by atoms with Crippen molar-refractivity contribution in [1.29, 1.82) is 0 Å². The molecule has 0 radical (unpaired) electrons. The molecule has 0 unspecified atom stereocenters. The lowest BCUT2D eigenvalue weighted by atomic mass is 10.0. The molecule has 15 heavy (non-hydrogen) atoms. The Morgan fingerprint density at radius 1 is 1.33 bits per heavy atom. The molecule has 1 aliphatic carbocycles. The summed E-state index contributed by atoms with van der Waals surface area (Å²) < 4.78 is 5.41. The average molecular weight is 208 g/mol. The zero-order valence-electron chi connectivity index (χ0n) is 9.89. The first kappa shape index (κ1) is 10.7. The summed E-state index contributed by atoms with van der Waals surface area (Å²) in [6.07, 6.45) is 5.73. The molecular weight excluding hydrogens is 188 g/mol. The van der Waals surface area contributed by atoms with Gasteiger partial charge in [-0.3, -0.25) is 0 Å². The molecule has 0 amide bonds. The summed E-state index contributed by atoms with van der Waals surface area (Å²) in [5.41, 5.74) is 2.51. The summed E-state index contributed by atoms with van der Waals surface area (Å²) in [7, 11) is 1.75. The van der Waals surface area contributed by atoms with Crippen LogP contribution >= 0.6 is 0 Å². The molecule has 0 bridgehead atoms. The molecular formula is C12H20N2O. The van der Waals surface area contributed by atoms with Crippen molar-refractivity contribution in [3.05, 3.63) is 17.2 Å². The number of fused-ring (bicyclic) bond motifs is 1. The maximum absolute atomic E-state index is 5.41. The molecule has 0 aromatic carbocycles. The van der Waals surface area contributed by atoms with Crippen molar-refractivity contribution in [3.63, 3.8) is 0 Å². The second kappa shape index (κ2) is 3.97. The van der Waals surface area contributed by atoms with Crippen molar-refractivity contribution in [3.8, 4) is 0 Å². The van der Waals surface area contributed by atoms with Gasteiger partial charge < -0.3 is 9.72 Å². The minimum atomic E-state index is -0.125. The van der Waals surface area contributed by atoms with Crippen LogP contribution in [0.25, 0.3) is 0 Å². The summed E-state index contributed by atoms with van der Waals surface area (Å²) in [6.45, 7) is 4.18. The smallest absolute Gasteiger partial charge is 0.109 e. The third-order valence-electron chi connectivity index (χ3n) is 3.15. The molecule has 3 heteroatoms. The number of hydrogen-bond acceptors (Lipinski definition) is 2. The van der Waals surface area contributed by atoms with E-state index in [0.717, 1.165) is 25.1 Å². The van der Waals surface area contributed by atoms with Crippen molar-refractivity contribution in [2.45, 2.75) is 51.6 Å². The van der Waals surface area contributed by atoms with Crippen LogP contribution in [0.2, 0.25) is 0 Å². The Hall–Kier alpha value is -0.830. The average Bonchev–Trinajstić information content (AvgIpc) is 2.58. The Kier molecular flexibility index (Phi) is 2.83. The van der Waals surface area contributed by atoms with Crippen LogP contribution in [-0.4, -0.2) is 22.7 Å². The first-order valence-electron chi connectivity index (χ1n) is 5.72. The number of ether oxygens (including phenoxy) is 1. The molecule has 0 fully saturated rings. The van der Waals surface area contributed by atoms with Crippen LogP contribution in [0.15, 0.2) is 0 Å². The molecule has 1 aromatic rings. The predicted molar refractivity (Wildman–Crippen MR) is 60.0 cm³/mol. The number of aryl methyl sites for hydroxylation is 2. The van der Waals surface area contributed by atoms with Gasteiger partial charge in [0.2, 0.25) is 0 Å². The van der Waals surface area contributed by atoms with E-state index in [9.17, 15) is 0 Å². The highest BCUT2D eigenvalue weighted by Gasteiger charge is 2.21. The van der Waals surface area contributed by atoms with Gasteiger partial charge in [0, 0.05) is 19.2 Å². The molecule has 0 atom stereocenters. The number of methoxy groups -OCH3 is 1. The highest BCUT2D eigenvalue weighted by atomic mass is 16.5. The molecule has 3 nitrogen and oxygen atoms in total. The second-order valence-corrected chi connectivity index (χ2v) is 4.96. The van der Waals surface area contributed by atoms with E-state index in [1.165, 1.54) is 24.2 Å². The van der Waals surface area contributed by atoms with Crippen LogP contribution in [-0.2, 0) is 24.0 Å². The molecule has 1 aromatic heterocycles. The van der Waals surface area contributed by atoms with E-state index in [0.29, 0.717) is 0 Å². The summed E-state index contributed by atoms with van der Waals surface area (Å²) in [5, 5.41) is 0. The van der Waals surface area contributed by atoms with Gasteiger partial charge in [0.15, 0.2) is 0 Å². The van der Waals surface area contributed by atoms with Gasteiger partial charge >= 0.3 is 0 Å². The fraction of sp³-hybridized carbons (Fsp3) is 0.750. The summed E-state index contributed by atoms with van der Waals surface area (Å²) in [6, 6.07) is 0. The number of hydrogen-bond donors (Lipinski definition) is 1. The molecule has 1 N–H and O–H groups in total. The van der Waals surface area contributed by atoms with E-state index in [1.807, 2.05) is 0 Å². The Balaban J connectivity index is 2.13. The van der Waals surface area contributed by atoms with E-state index in [-0.39, 0.29) is 5.60 Å². The summed E-state index contributed by atoms with van der Waals surface area (Å²) >= 11 is 0. The van der Waals surface area contributed by atoms with E-state index < -0.39 is 0 Å². The monoisotopic (exact) mass is 208 g/mol. The van der Waals surface area contributed by atoms with Gasteiger partial charge in [-0.25, -0.2) is 4.98 Å². The standard InChI is InChI=1S/C12H20N2O/c1-12(2,15-3)8-11-13-9-6-4-5-7-10(9)14-11/h4-8H2,1-3H3,(H,13,14). The third kappa shape index (κ3) is 2.40. The third-order valence-corrected chi connectivity index (χ3v) is 3.15. The number of aromatic amines is 1. The fourth-order valence-corrected chi connectivity index (χ4v) is 2.07. The van der Waals surface area contributed by atoms with Crippen LogP contribution in [0.3, 0.4) is 0 Å². The Bertz CT molecular complexity index is 318. The Labute approximate surface area is 91.3 Å². The number of imidazole rings is 1. The largest absolute Gasteiger partial charge is 0.378 e. The van der Waals surface area contributed by atoms with Crippen LogP contribution < -0.4 is 0 Å². The number of H-pyrrole nitrogens is 1. The zero-order chi connectivity index (χ0) is 10.9. The van der Waals surface area contributed by atoms with Crippen LogP contribution in [0.1, 0.15) is 43.9 Å². The number of aromatic nitrogens is 2. The van der Waals surface area contributed by atoms with Crippen LogP contribution in [0.5, 0.6) is 0 Å². The van der Waals surface area contributed by atoms with Crippen LogP contribution in [0.4, 0.5) is 0 Å².